The molecule has 9 atom stereocenters. The fourth-order valence-electron chi connectivity index (χ4n) is 5.19. The maximum Gasteiger partial charge on any atom is 0.386 e. The van der Waals surface area contributed by atoms with Gasteiger partial charge in [0.2, 0.25) is 11.8 Å². The molecule has 2 saturated heterocycles. The molecule has 216 valence electrons. The number of nitrogens with zero attached hydrogens (tertiary/aromatic N) is 5. The number of hydrogen-bond acceptors (Lipinski definition) is 13. The van der Waals surface area contributed by atoms with Gasteiger partial charge in [0.1, 0.15) is 24.6 Å². The number of nitrogens with one attached hydrogen (secondary N) is 1. The van der Waals surface area contributed by atoms with E-state index in [0.717, 1.165) is 0 Å². The number of H-pyrrole nitrogens is 1. The van der Waals surface area contributed by atoms with Gasteiger partial charge in [-0.2, -0.15) is 4.98 Å². The van der Waals surface area contributed by atoms with Gasteiger partial charge in [-0.25, -0.2) is 23.9 Å². The van der Waals surface area contributed by atoms with Crippen LogP contribution < -0.4 is 16.0 Å². The minimum absolute atomic E-state index is 0.00983. The molecule has 20 heteroatoms. The lowest BCUT2D eigenvalue weighted by Crippen LogP contribution is -2.33. The second-order valence-corrected chi connectivity index (χ2v) is 16.1. The molecule has 3 aromatic heterocycles. The van der Waals surface area contributed by atoms with E-state index in [-0.39, 0.29) is 23.7 Å². The Balaban J connectivity index is 1.29. The molecule has 0 amide bonds. The molecule has 5 heterocycles. The first kappa shape index (κ1) is 28.1. The molecular weight excluding hydrogens is 611 g/mol. The quantitative estimate of drug-likeness (QED) is 0.240. The number of fused-ring (bicyclic) bond motifs is 4. The van der Waals surface area contributed by atoms with Crippen LogP contribution in [-0.2, 0) is 34.7 Å². The highest BCUT2D eigenvalue weighted by Gasteiger charge is 2.53. The van der Waals surface area contributed by atoms with Crippen molar-refractivity contribution in [2.45, 2.75) is 49.2 Å². The van der Waals surface area contributed by atoms with Gasteiger partial charge in [0.25, 0.3) is 5.56 Å². The van der Waals surface area contributed by atoms with Gasteiger partial charge in [0.15, 0.2) is 30.1 Å². The molecular formula is C20H24FN7O8P2S2. The summed E-state index contributed by atoms with van der Waals surface area (Å²) in [5.41, 5.74) is 4.36. The van der Waals surface area contributed by atoms with Crippen molar-refractivity contribution in [3.63, 3.8) is 0 Å². The van der Waals surface area contributed by atoms with Crippen molar-refractivity contribution >= 4 is 54.5 Å². The van der Waals surface area contributed by atoms with Crippen LogP contribution in [0.3, 0.4) is 0 Å². The predicted molar refractivity (Wildman–Crippen MR) is 144 cm³/mol. The van der Waals surface area contributed by atoms with Crippen LogP contribution in [0.2, 0.25) is 0 Å². The number of alkyl halides is 1. The molecule has 1 saturated carbocycles. The summed E-state index contributed by atoms with van der Waals surface area (Å²) in [6, 6.07) is 1.60. The van der Waals surface area contributed by atoms with Gasteiger partial charge in [0, 0.05) is 17.9 Å². The van der Waals surface area contributed by atoms with Crippen LogP contribution in [0.15, 0.2) is 29.7 Å². The molecule has 2 unspecified atom stereocenters. The highest BCUT2D eigenvalue weighted by Crippen LogP contribution is 2.61. The second kappa shape index (κ2) is 10.7. The molecule has 6 rings (SSSR count). The van der Waals surface area contributed by atoms with Crippen LogP contribution in [0.1, 0.15) is 19.1 Å². The SMILES string of the molecule is Nc1nc2c(ncn2[C@@H]2O[C@@H]3COP(O)(=S)[C@H]4C[C@H](Oc5ccncn5)C[C@@H]4COP(=O)(S)O[C@@H]2[C@@H]3F)c(=O)[nH]1. The van der Waals surface area contributed by atoms with Crippen molar-refractivity contribution in [3.8, 4) is 5.88 Å². The highest BCUT2D eigenvalue weighted by atomic mass is 32.7. The van der Waals surface area contributed by atoms with E-state index in [1.165, 1.54) is 23.4 Å². The minimum atomic E-state index is -4.20. The van der Waals surface area contributed by atoms with Crippen LogP contribution in [0.5, 0.6) is 5.88 Å². The number of halogens is 1. The molecule has 3 aromatic rings. The second-order valence-electron chi connectivity index (χ2n) is 9.57. The number of nitrogen functional groups attached to an aromatic ring is 1. The van der Waals surface area contributed by atoms with Crippen LogP contribution in [0, 0.1) is 5.92 Å². The smallest absolute Gasteiger partial charge is 0.386 e. The summed E-state index contributed by atoms with van der Waals surface area (Å²) in [6.07, 6.45) is -1.73. The van der Waals surface area contributed by atoms with E-state index in [0.29, 0.717) is 18.7 Å². The summed E-state index contributed by atoms with van der Waals surface area (Å²) in [5, 5.41) is 0. The Bertz CT molecular complexity index is 1570. The molecule has 0 aromatic carbocycles. The standard InChI is InChI=1S/C20H24FN7O8P2S2/c21-14-11-6-32-37(30,39)12-4-10(34-13-1-2-23-7-24-13)3-9(12)5-33-38(31,40)36-16(14)19(35-11)28-8-25-15-17(28)26-20(22)27-18(15)29/h1-2,7-12,14,16,19H,3-6H2,(H,30,39)(H,31,40)(H3,22,26,27,29)/t9-,10-,11-,12+,14-,16-,19-,37?,38?/m1/s1. The number of aromatic nitrogens is 6. The summed E-state index contributed by atoms with van der Waals surface area (Å²) in [7, 11) is 0. The molecule has 2 bridgehead atoms. The summed E-state index contributed by atoms with van der Waals surface area (Å²) >= 11 is 9.61. The van der Waals surface area contributed by atoms with E-state index in [2.05, 4.69) is 37.2 Å². The maximum absolute atomic E-state index is 15.8. The Morgan fingerprint density at radius 3 is 2.90 bits per heavy atom. The Hall–Kier alpha value is -2.01. The average molecular weight is 636 g/mol. The van der Waals surface area contributed by atoms with Crippen molar-refractivity contribution in [1.82, 2.24) is 29.5 Å². The van der Waals surface area contributed by atoms with Crippen LogP contribution in [-0.4, -0.2) is 77.7 Å². The number of hydrogen-bond donors (Lipinski definition) is 4. The topological polar surface area (TPSA) is 199 Å². The van der Waals surface area contributed by atoms with Crippen molar-refractivity contribution in [1.29, 1.82) is 0 Å². The molecule has 15 nitrogen and oxygen atoms in total. The molecule has 40 heavy (non-hydrogen) atoms. The van der Waals surface area contributed by atoms with Gasteiger partial charge < -0.3 is 29.1 Å². The largest absolute Gasteiger partial charge is 0.474 e. The lowest BCUT2D eigenvalue weighted by atomic mass is 10.1. The van der Waals surface area contributed by atoms with Gasteiger partial charge in [-0.3, -0.25) is 18.9 Å². The van der Waals surface area contributed by atoms with E-state index in [1.807, 2.05) is 0 Å². The summed E-state index contributed by atoms with van der Waals surface area (Å²) in [4.78, 5) is 41.9. The lowest BCUT2D eigenvalue weighted by molar-refractivity contribution is -0.0428. The molecule has 2 aliphatic heterocycles. The fraction of sp³-hybridized carbons (Fsp3) is 0.550. The van der Waals surface area contributed by atoms with E-state index in [9.17, 15) is 14.3 Å². The van der Waals surface area contributed by atoms with Crippen molar-refractivity contribution in [2.24, 2.45) is 5.92 Å². The number of rotatable bonds is 3. The molecule has 3 fully saturated rings. The monoisotopic (exact) mass is 635 g/mol. The van der Waals surface area contributed by atoms with Gasteiger partial charge in [-0.05, 0) is 30.6 Å². The first-order chi connectivity index (χ1) is 19.0. The van der Waals surface area contributed by atoms with E-state index in [1.54, 1.807) is 6.07 Å². The minimum Gasteiger partial charge on any atom is -0.474 e. The molecule has 4 N–H and O–H groups in total. The van der Waals surface area contributed by atoms with Crippen molar-refractivity contribution in [3.05, 3.63) is 35.3 Å². The summed E-state index contributed by atoms with van der Waals surface area (Å²) in [6.45, 7) is -8.37. The zero-order chi connectivity index (χ0) is 28.2. The van der Waals surface area contributed by atoms with E-state index in [4.69, 9.17) is 40.6 Å². The van der Waals surface area contributed by atoms with Crippen LogP contribution in [0.25, 0.3) is 11.2 Å². The Labute approximate surface area is 235 Å². The maximum atomic E-state index is 15.8. The van der Waals surface area contributed by atoms with Gasteiger partial charge >= 0.3 is 6.80 Å². The highest BCUT2D eigenvalue weighted by molar-refractivity contribution is 8.44. The Kier molecular flexibility index (Phi) is 7.51. The molecule has 0 radical (unpaired) electrons. The van der Waals surface area contributed by atoms with Crippen LogP contribution in [0.4, 0.5) is 10.3 Å². The van der Waals surface area contributed by atoms with E-state index >= 15 is 4.39 Å². The zero-order valence-corrected chi connectivity index (χ0v) is 23.9. The molecule has 1 aliphatic carbocycles. The Morgan fingerprint density at radius 1 is 1.30 bits per heavy atom. The zero-order valence-electron chi connectivity index (χ0n) is 20.4. The number of aromatic amines is 1. The number of ether oxygens (including phenoxy) is 2. The third-order valence-corrected chi connectivity index (χ3v) is 11.7. The molecule has 0 spiro atoms. The van der Waals surface area contributed by atoms with Crippen molar-refractivity contribution < 1.29 is 36.9 Å². The van der Waals surface area contributed by atoms with Crippen molar-refractivity contribution in [2.75, 3.05) is 18.9 Å². The summed E-state index contributed by atoms with van der Waals surface area (Å²) in [5.74, 6) is -0.288. The van der Waals surface area contributed by atoms with Gasteiger partial charge in [-0.1, -0.05) is 12.2 Å². The number of imidazole rings is 1. The lowest BCUT2D eigenvalue weighted by Gasteiger charge is -2.30. The Morgan fingerprint density at radius 2 is 2.12 bits per heavy atom. The average Bonchev–Trinajstić information content (AvgIpc) is 3.58. The van der Waals surface area contributed by atoms with E-state index < -0.39 is 67.7 Å². The number of anilines is 1. The normalized spacial score (nSPS) is 38.4. The first-order valence-electron chi connectivity index (χ1n) is 12.1. The van der Waals surface area contributed by atoms with Gasteiger partial charge in [-0.15, -0.1) is 0 Å². The summed E-state index contributed by atoms with van der Waals surface area (Å²) < 4.78 is 59.1. The van der Waals surface area contributed by atoms with Gasteiger partial charge in [0.05, 0.1) is 19.5 Å². The first-order valence-corrected chi connectivity index (χ1v) is 17.5. The molecule has 3 aliphatic rings. The fourth-order valence-corrected chi connectivity index (χ4v) is 9.44. The predicted octanol–water partition coefficient (Wildman–Crippen LogP) is 1.73. The third kappa shape index (κ3) is 5.44. The number of thiol groups is 1. The third-order valence-electron chi connectivity index (χ3n) is 7.00. The number of nitrogens with two attached hydrogens (primary N) is 1. The van der Waals surface area contributed by atoms with Crippen LogP contribution >= 0.6 is 25.5 Å².